The van der Waals surface area contributed by atoms with Crippen LogP contribution in [0, 0.1) is 11.6 Å². The second kappa shape index (κ2) is 10.00. The fourth-order valence-electron chi connectivity index (χ4n) is 3.54. The van der Waals surface area contributed by atoms with Gasteiger partial charge in [0.2, 0.25) is 11.8 Å². The van der Waals surface area contributed by atoms with E-state index in [1.807, 2.05) is 18.7 Å². The van der Waals surface area contributed by atoms with E-state index in [0.29, 0.717) is 37.6 Å². The highest BCUT2D eigenvalue weighted by Gasteiger charge is 2.26. The Morgan fingerprint density at radius 1 is 1.16 bits per heavy atom. The van der Waals surface area contributed by atoms with E-state index in [1.165, 1.54) is 25.3 Å². The topological polar surface area (TPSA) is 69.9 Å². The molecule has 0 bridgehead atoms. The predicted molar refractivity (Wildman–Crippen MR) is 110 cm³/mol. The minimum Gasteiger partial charge on any atom is -0.447 e. The monoisotopic (exact) mass is 434 g/mol. The molecule has 1 aliphatic heterocycles. The fourth-order valence-corrected chi connectivity index (χ4v) is 3.54. The number of hydrogen-bond donors (Lipinski definition) is 0. The Morgan fingerprint density at radius 2 is 1.84 bits per heavy atom. The molecule has 1 aromatic heterocycles. The van der Waals surface area contributed by atoms with Crippen molar-refractivity contribution in [1.29, 1.82) is 0 Å². The summed E-state index contributed by atoms with van der Waals surface area (Å²) in [4.78, 5) is 33.9. The fraction of sp³-hybridized carbons (Fsp3) is 0.500. The number of hydrogen-bond acceptors (Lipinski definition) is 5. The molecular formula is C22H28F2N4O3. The van der Waals surface area contributed by atoms with Crippen LogP contribution in [-0.4, -0.2) is 63.7 Å². The number of benzene rings is 1. The molecule has 0 saturated carbocycles. The van der Waals surface area contributed by atoms with Crippen LogP contribution in [0.15, 0.2) is 28.9 Å². The van der Waals surface area contributed by atoms with E-state index in [-0.39, 0.29) is 36.6 Å². The van der Waals surface area contributed by atoms with Crippen LogP contribution in [0.1, 0.15) is 49.1 Å². The molecule has 2 aromatic rings. The molecule has 168 valence electrons. The van der Waals surface area contributed by atoms with Gasteiger partial charge in [-0.2, -0.15) is 0 Å². The van der Waals surface area contributed by atoms with E-state index < -0.39 is 11.6 Å². The smallest absolute Gasteiger partial charge is 0.275 e. The van der Waals surface area contributed by atoms with Gasteiger partial charge in [0, 0.05) is 57.3 Å². The second-order valence-corrected chi connectivity index (χ2v) is 7.82. The third-order valence-electron chi connectivity index (χ3n) is 5.72. The number of rotatable bonds is 7. The quantitative estimate of drug-likeness (QED) is 0.670. The van der Waals surface area contributed by atoms with E-state index in [1.54, 1.807) is 9.80 Å². The molecule has 2 heterocycles. The Kier molecular flexibility index (Phi) is 7.37. The van der Waals surface area contributed by atoms with Crippen molar-refractivity contribution in [3.8, 4) is 0 Å². The molecule has 0 radical (unpaired) electrons. The van der Waals surface area contributed by atoms with Gasteiger partial charge >= 0.3 is 0 Å². The van der Waals surface area contributed by atoms with Crippen LogP contribution >= 0.6 is 0 Å². The molecule has 3 rings (SSSR count). The van der Waals surface area contributed by atoms with E-state index in [4.69, 9.17) is 4.42 Å². The first-order valence-corrected chi connectivity index (χ1v) is 10.5. The van der Waals surface area contributed by atoms with Crippen molar-refractivity contribution in [3.05, 3.63) is 53.2 Å². The van der Waals surface area contributed by atoms with Crippen LogP contribution in [0.2, 0.25) is 0 Å². The Bertz CT molecular complexity index is 925. The summed E-state index contributed by atoms with van der Waals surface area (Å²) in [7, 11) is 0. The average molecular weight is 434 g/mol. The van der Waals surface area contributed by atoms with E-state index >= 15 is 0 Å². The molecule has 0 spiro atoms. The zero-order chi connectivity index (χ0) is 22.5. The third kappa shape index (κ3) is 5.66. The van der Waals surface area contributed by atoms with Gasteiger partial charge in [-0.1, -0.05) is 13.0 Å². The van der Waals surface area contributed by atoms with Gasteiger partial charge in [-0.15, -0.1) is 0 Å². The summed E-state index contributed by atoms with van der Waals surface area (Å²) in [6.45, 7) is 7.98. The van der Waals surface area contributed by atoms with Crippen molar-refractivity contribution < 1.29 is 22.8 Å². The van der Waals surface area contributed by atoms with Gasteiger partial charge in [-0.05, 0) is 19.4 Å². The zero-order valence-electron chi connectivity index (χ0n) is 18.1. The zero-order valence-corrected chi connectivity index (χ0v) is 18.1. The van der Waals surface area contributed by atoms with Crippen molar-refractivity contribution >= 4 is 11.8 Å². The number of carbonyl (C=O) groups is 2. The lowest BCUT2D eigenvalue weighted by molar-refractivity contribution is -0.130. The average Bonchev–Trinajstić information content (AvgIpc) is 3.22. The number of nitrogens with zero attached hydrogens (tertiary/aromatic N) is 4. The van der Waals surface area contributed by atoms with Crippen LogP contribution in [0.4, 0.5) is 8.78 Å². The first kappa shape index (κ1) is 22.9. The van der Waals surface area contributed by atoms with Crippen molar-refractivity contribution in [2.45, 2.75) is 46.3 Å². The largest absolute Gasteiger partial charge is 0.447 e. The van der Waals surface area contributed by atoms with Crippen molar-refractivity contribution in [3.63, 3.8) is 0 Å². The molecule has 1 fully saturated rings. The highest BCUT2D eigenvalue weighted by molar-refractivity contribution is 5.92. The maximum Gasteiger partial charge on any atom is 0.275 e. The molecule has 1 aliphatic rings. The maximum atomic E-state index is 14.1. The van der Waals surface area contributed by atoms with Crippen molar-refractivity contribution in [2.75, 3.05) is 26.2 Å². The molecule has 1 atom stereocenters. The summed E-state index contributed by atoms with van der Waals surface area (Å²) in [5, 5.41) is 0. The summed E-state index contributed by atoms with van der Waals surface area (Å²) in [6.07, 6.45) is 2.15. The molecular weight excluding hydrogens is 406 g/mol. The summed E-state index contributed by atoms with van der Waals surface area (Å²) in [5.41, 5.74) is 0.594. The number of halogens is 2. The van der Waals surface area contributed by atoms with Crippen LogP contribution in [-0.2, 0) is 17.9 Å². The van der Waals surface area contributed by atoms with Crippen molar-refractivity contribution in [1.82, 2.24) is 19.7 Å². The lowest BCUT2D eigenvalue weighted by atomic mass is 10.1. The number of piperazine rings is 1. The molecule has 1 saturated heterocycles. The maximum absolute atomic E-state index is 14.1. The normalized spacial score (nSPS) is 15.4. The summed E-state index contributed by atoms with van der Waals surface area (Å²) >= 11 is 0. The van der Waals surface area contributed by atoms with Crippen LogP contribution in [0.25, 0.3) is 0 Å². The third-order valence-corrected chi connectivity index (χ3v) is 5.72. The highest BCUT2D eigenvalue weighted by Crippen LogP contribution is 2.18. The molecule has 1 unspecified atom stereocenters. The van der Waals surface area contributed by atoms with Gasteiger partial charge in [0.25, 0.3) is 5.91 Å². The Hall–Kier alpha value is -2.81. The first-order chi connectivity index (χ1) is 14.8. The van der Waals surface area contributed by atoms with E-state index in [0.717, 1.165) is 12.5 Å². The predicted octanol–water partition coefficient (Wildman–Crippen LogP) is 3.06. The minimum atomic E-state index is -0.615. The molecule has 1 aromatic carbocycles. The van der Waals surface area contributed by atoms with E-state index in [2.05, 4.69) is 4.98 Å². The number of aromatic nitrogens is 1. The molecule has 0 N–H and O–H groups in total. The van der Waals surface area contributed by atoms with Crippen LogP contribution in [0.3, 0.4) is 0 Å². The highest BCUT2D eigenvalue weighted by atomic mass is 19.1. The summed E-state index contributed by atoms with van der Waals surface area (Å²) in [6, 6.07) is 3.64. The number of oxazole rings is 1. The number of carbonyl (C=O) groups excluding carboxylic acids is 2. The van der Waals surface area contributed by atoms with Gasteiger partial charge in [0.1, 0.15) is 17.9 Å². The van der Waals surface area contributed by atoms with Gasteiger partial charge < -0.3 is 14.2 Å². The Labute approximate surface area is 180 Å². The van der Waals surface area contributed by atoms with E-state index in [9.17, 15) is 18.4 Å². The molecule has 2 amide bonds. The molecule has 31 heavy (non-hydrogen) atoms. The van der Waals surface area contributed by atoms with Gasteiger partial charge in [-0.25, -0.2) is 13.8 Å². The van der Waals surface area contributed by atoms with Gasteiger partial charge in [0.05, 0.1) is 6.54 Å². The van der Waals surface area contributed by atoms with Crippen LogP contribution < -0.4 is 0 Å². The summed E-state index contributed by atoms with van der Waals surface area (Å²) < 4.78 is 32.9. The number of amides is 2. The Balaban J connectivity index is 1.66. The molecule has 0 aliphatic carbocycles. The van der Waals surface area contributed by atoms with Crippen molar-refractivity contribution in [2.24, 2.45) is 0 Å². The molecule has 9 heteroatoms. The molecule has 7 nitrogen and oxygen atoms in total. The Morgan fingerprint density at radius 3 is 2.45 bits per heavy atom. The second-order valence-electron chi connectivity index (χ2n) is 7.82. The first-order valence-electron chi connectivity index (χ1n) is 10.5. The van der Waals surface area contributed by atoms with Crippen LogP contribution in [0.5, 0.6) is 0 Å². The SMILES string of the molecule is CCC(C)N(Cc1nc(C(=O)N2CCN(C(C)=O)CC2)co1)Cc1ccc(F)cc1F. The van der Waals surface area contributed by atoms with Gasteiger partial charge in [0.15, 0.2) is 5.69 Å². The van der Waals surface area contributed by atoms with Gasteiger partial charge in [-0.3, -0.25) is 14.5 Å². The summed E-state index contributed by atoms with van der Waals surface area (Å²) in [5.74, 6) is -1.09. The standard InChI is InChI=1S/C22H28F2N4O3/c1-4-15(2)28(12-17-5-6-18(23)11-19(17)24)13-21-25-20(14-31-21)22(30)27-9-7-26(8-10-27)16(3)29/h5-6,11,14-15H,4,7-10,12-13H2,1-3H3. The lowest BCUT2D eigenvalue weighted by Crippen LogP contribution is -2.50. The minimum absolute atomic E-state index is 0.00134. The lowest BCUT2D eigenvalue weighted by Gasteiger charge is -2.33.